The molecule has 2 aromatic heterocycles. The first-order valence-electron chi connectivity index (χ1n) is 13.2. The molecule has 0 saturated heterocycles. The maximum atomic E-state index is 13.1. The number of carbonyl (C=O) groups excluding carboxylic acids is 2. The standard InChI is InChI=1S/C28H27ClN10O3/c1-42-28(41)33-19-8-9-20-22(14-19)31-12-4-2-3-5-21(27-35-23(15-30)26(20)36-27)34-25(40)11-6-17-13-18(29)7-10-24(17)39-16-32-37-38-39/h6-11,13-14,16,21,31H,2-5,12H2,1H3,(H,33,41)(H,34,40)(H,35,36)/t21-/m0/s1. The number of halogens is 1. The number of fused-ring (bicyclic) bond motifs is 4. The first kappa shape index (κ1) is 28.3. The summed E-state index contributed by atoms with van der Waals surface area (Å²) in [6.45, 7) is 0.681. The Morgan fingerprint density at radius 1 is 1.21 bits per heavy atom. The van der Waals surface area contributed by atoms with Gasteiger partial charge in [0.1, 0.15) is 18.2 Å². The van der Waals surface area contributed by atoms with Gasteiger partial charge in [0.05, 0.1) is 24.5 Å². The molecule has 14 heteroatoms. The minimum Gasteiger partial charge on any atom is -0.453 e. The van der Waals surface area contributed by atoms with Crippen LogP contribution < -0.4 is 16.0 Å². The lowest BCUT2D eigenvalue weighted by Gasteiger charge is -2.18. The molecule has 1 atom stereocenters. The minimum absolute atomic E-state index is 0.195. The van der Waals surface area contributed by atoms with Crippen LogP contribution in [0.4, 0.5) is 16.2 Å². The number of H-pyrrole nitrogens is 1. The summed E-state index contributed by atoms with van der Waals surface area (Å²) in [6.07, 6.45) is 7.16. The molecule has 214 valence electrons. The Morgan fingerprint density at radius 2 is 2.10 bits per heavy atom. The fourth-order valence-electron chi connectivity index (χ4n) is 4.66. The van der Waals surface area contributed by atoms with Crippen LogP contribution in [0.1, 0.15) is 48.8 Å². The van der Waals surface area contributed by atoms with Crippen LogP contribution in [0.3, 0.4) is 0 Å². The van der Waals surface area contributed by atoms with Crippen molar-refractivity contribution in [2.75, 3.05) is 24.3 Å². The molecule has 0 radical (unpaired) electrons. The number of anilines is 2. The van der Waals surface area contributed by atoms with Crippen LogP contribution in [-0.2, 0) is 9.53 Å². The number of hydrogen-bond donors (Lipinski definition) is 4. The molecule has 3 heterocycles. The van der Waals surface area contributed by atoms with Crippen LogP contribution in [0.2, 0.25) is 5.02 Å². The van der Waals surface area contributed by atoms with Crippen molar-refractivity contribution in [3.63, 3.8) is 0 Å². The van der Waals surface area contributed by atoms with E-state index in [1.807, 2.05) is 0 Å². The van der Waals surface area contributed by atoms with Crippen LogP contribution in [0.15, 0.2) is 48.8 Å². The predicted molar refractivity (Wildman–Crippen MR) is 156 cm³/mol. The van der Waals surface area contributed by atoms with E-state index >= 15 is 0 Å². The zero-order chi connectivity index (χ0) is 29.5. The van der Waals surface area contributed by atoms with E-state index in [-0.39, 0.29) is 11.6 Å². The molecule has 1 aliphatic rings. The van der Waals surface area contributed by atoms with Crippen LogP contribution in [0.25, 0.3) is 23.0 Å². The van der Waals surface area contributed by atoms with Crippen molar-refractivity contribution in [2.24, 2.45) is 0 Å². The molecule has 0 unspecified atom stereocenters. The average molecular weight is 587 g/mol. The summed E-state index contributed by atoms with van der Waals surface area (Å²) < 4.78 is 6.18. The van der Waals surface area contributed by atoms with Crippen molar-refractivity contribution in [1.82, 2.24) is 35.5 Å². The molecular weight excluding hydrogens is 560 g/mol. The third kappa shape index (κ3) is 6.56. The highest BCUT2D eigenvalue weighted by Crippen LogP contribution is 2.34. The van der Waals surface area contributed by atoms with Gasteiger partial charge in [0, 0.05) is 40.1 Å². The number of rotatable bonds is 5. The van der Waals surface area contributed by atoms with Gasteiger partial charge in [0.25, 0.3) is 0 Å². The average Bonchev–Trinajstić information content (AvgIpc) is 3.67. The van der Waals surface area contributed by atoms with E-state index in [0.717, 1.165) is 24.9 Å². The van der Waals surface area contributed by atoms with Gasteiger partial charge >= 0.3 is 6.09 Å². The predicted octanol–water partition coefficient (Wildman–Crippen LogP) is 4.61. The molecule has 1 aliphatic heterocycles. The minimum atomic E-state index is -0.584. The van der Waals surface area contributed by atoms with E-state index in [2.05, 4.69) is 47.5 Å². The number of nitrogens with zero attached hydrogens (tertiary/aromatic N) is 6. The third-order valence-corrected chi connectivity index (χ3v) is 6.92. The van der Waals surface area contributed by atoms with Gasteiger partial charge in [-0.15, -0.1) is 5.10 Å². The summed E-state index contributed by atoms with van der Waals surface area (Å²) in [5.74, 6) is 0.135. The van der Waals surface area contributed by atoms with Gasteiger partial charge in [0.15, 0.2) is 5.69 Å². The number of methoxy groups -OCH3 is 1. The zero-order valence-corrected chi connectivity index (χ0v) is 23.4. The Hall–Kier alpha value is -5.22. The number of ether oxygens (including phenoxy) is 1. The maximum Gasteiger partial charge on any atom is 0.411 e. The second kappa shape index (κ2) is 13.0. The van der Waals surface area contributed by atoms with Gasteiger partial charge in [-0.2, -0.15) is 9.94 Å². The quantitative estimate of drug-likeness (QED) is 0.243. The van der Waals surface area contributed by atoms with Crippen LogP contribution in [0.5, 0.6) is 0 Å². The summed E-state index contributed by atoms with van der Waals surface area (Å²) in [6, 6.07) is 12.2. The molecule has 0 aliphatic carbocycles. The lowest BCUT2D eigenvalue weighted by molar-refractivity contribution is -0.117. The van der Waals surface area contributed by atoms with Crippen molar-refractivity contribution in [1.29, 1.82) is 5.26 Å². The highest BCUT2D eigenvalue weighted by molar-refractivity contribution is 6.30. The Balaban J connectivity index is 1.42. The molecule has 2 bridgehead atoms. The molecule has 42 heavy (non-hydrogen) atoms. The number of amides is 2. The molecule has 13 nitrogen and oxygen atoms in total. The van der Waals surface area contributed by atoms with Crippen molar-refractivity contribution in [3.8, 4) is 23.0 Å². The fraction of sp³-hybridized carbons (Fsp3) is 0.250. The number of nitriles is 1. The molecule has 2 amide bonds. The van der Waals surface area contributed by atoms with E-state index in [9.17, 15) is 14.9 Å². The summed E-state index contributed by atoms with van der Waals surface area (Å²) >= 11 is 6.20. The lowest BCUT2D eigenvalue weighted by atomic mass is 10.0. The number of carbonyl (C=O) groups is 2. The highest BCUT2D eigenvalue weighted by atomic mass is 35.5. The maximum absolute atomic E-state index is 13.1. The second-order valence-corrected chi connectivity index (χ2v) is 9.90. The third-order valence-electron chi connectivity index (χ3n) is 6.68. The molecule has 0 spiro atoms. The fourth-order valence-corrected chi connectivity index (χ4v) is 4.84. The van der Waals surface area contributed by atoms with Crippen LogP contribution in [-0.4, -0.2) is 55.8 Å². The van der Waals surface area contributed by atoms with Gasteiger partial charge in [-0.25, -0.2) is 9.78 Å². The number of aromatic amines is 1. The van der Waals surface area contributed by atoms with Gasteiger partial charge in [-0.1, -0.05) is 24.4 Å². The molecule has 5 rings (SSSR count). The smallest absolute Gasteiger partial charge is 0.411 e. The normalized spacial score (nSPS) is 14.9. The monoisotopic (exact) mass is 586 g/mol. The molecular formula is C28H27ClN10O3. The van der Waals surface area contributed by atoms with Gasteiger partial charge in [0.2, 0.25) is 5.91 Å². The van der Waals surface area contributed by atoms with Gasteiger partial charge in [-0.3, -0.25) is 10.1 Å². The molecule has 0 fully saturated rings. The second-order valence-electron chi connectivity index (χ2n) is 9.46. The number of hydrogen-bond acceptors (Lipinski definition) is 9. The summed E-state index contributed by atoms with van der Waals surface area (Å²) in [4.78, 5) is 32.7. The van der Waals surface area contributed by atoms with E-state index in [0.29, 0.717) is 52.0 Å². The van der Waals surface area contributed by atoms with Crippen molar-refractivity contribution >= 4 is 41.1 Å². The van der Waals surface area contributed by atoms with E-state index in [1.165, 1.54) is 24.2 Å². The zero-order valence-electron chi connectivity index (χ0n) is 22.6. The Morgan fingerprint density at radius 3 is 2.88 bits per heavy atom. The highest BCUT2D eigenvalue weighted by Gasteiger charge is 2.23. The number of aromatic nitrogens is 6. The first-order valence-corrected chi connectivity index (χ1v) is 13.6. The number of benzene rings is 2. The SMILES string of the molecule is COC(=O)Nc1ccc2c(c1)NCCCCC[C@H](NC(=O)C=Cc1cc(Cl)ccc1-n1cnnn1)c1nc(C#N)c-2[nH]1. The van der Waals surface area contributed by atoms with E-state index in [4.69, 9.17) is 16.3 Å². The lowest BCUT2D eigenvalue weighted by Crippen LogP contribution is -2.28. The molecule has 4 N–H and O–H groups in total. The summed E-state index contributed by atoms with van der Waals surface area (Å²) in [5, 5.41) is 30.8. The molecule has 2 aromatic carbocycles. The number of tetrazole rings is 1. The van der Waals surface area contributed by atoms with E-state index in [1.54, 1.807) is 42.5 Å². The van der Waals surface area contributed by atoms with Crippen LogP contribution in [0, 0.1) is 11.3 Å². The first-order chi connectivity index (χ1) is 20.4. The molecule has 4 aromatic rings. The van der Waals surface area contributed by atoms with E-state index < -0.39 is 12.1 Å². The topological polar surface area (TPSA) is 176 Å². The summed E-state index contributed by atoms with van der Waals surface area (Å²) in [7, 11) is 1.29. The summed E-state index contributed by atoms with van der Waals surface area (Å²) in [5.41, 5.74) is 3.99. The Kier molecular flexibility index (Phi) is 8.74. The van der Waals surface area contributed by atoms with Gasteiger partial charge < -0.3 is 20.4 Å². The number of imidazole rings is 1. The van der Waals surface area contributed by atoms with Crippen molar-refractivity contribution < 1.29 is 14.3 Å². The Labute approximate surface area is 245 Å². The van der Waals surface area contributed by atoms with Gasteiger partial charge in [-0.05, 0) is 65.7 Å². The van der Waals surface area contributed by atoms with Crippen molar-refractivity contribution in [2.45, 2.75) is 31.7 Å². The van der Waals surface area contributed by atoms with Crippen molar-refractivity contribution in [3.05, 3.63) is 70.9 Å². The van der Waals surface area contributed by atoms with Crippen LogP contribution >= 0.6 is 11.6 Å². The number of nitrogens with one attached hydrogen (secondary N) is 4. The molecule has 0 saturated carbocycles. The largest absolute Gasteiger partial charge is 0.453 e. The Bertz CT molecular complexity index is 1660.